The number of hydrogen-bond acceptors (Lipinski definition) is 5. The number of nitrogens with one attached hydrogen (secondary N) is 2. The summed E-state index contributed by atoms with van der Waals surface area (Å²) in [7, 11) is -3.80. The van der Waals surface area contributed by atoms with Crippen molar-refractivity contribution in [2.45, 2.75) is 18.2 Å². The van der Waals surface area contributed by atoms with Crippen LogP contribution < -0.4 is 10.0 Å². The highest BCUT2D eigenvalue weighted by Crippen LogP contribution is 2.12. The van der Waals surface area contributed by atoms with E-state index in [2.05, 4.69) is 16.0 Å². The molecule has 1 amide bonds. The molecule has 0 radical (unpaired) electrons. The fraction of sp³-hybridized carbons (Fsp3) is 0.333. The summed E-state index contributed by atoms with van der Waals surface area (Å²) in [6.07, 6.45) is 5.77. The first-order valence-corrected chi connectivity index (χ1v) is 8.36. The van der Waals surface area contributed by atoms with Crippen molar-refractivity contribution >= 4 is 21.9 Å². The van der Waals surface area contributed by atoms with Gasteiger partial charge in [0.15, 0.2) is 6.61 Å². The van der Waals surface area contributed by atoms with Crippen molar-refractivity contribution < 1.29 is 22.7 Å². The van der Waals surface area contributed by atoms with Crippen LogP contribution in [0.15, 0.2) is 29.2 Å². The maximum Gasteiger partial charge on any atom is 0.338 e. The molecule has 0 aromatic heterocycles. The van der Waals surface area contributed by atoms with Crippen LogP contribution in [0.5, 0.6) is 0 Å². The summed E-state index contributed by atoms with van der Waals surface area (Å²) in [4.78, 5) is 23.1. The number of terminal acetylenes is 1. The summed E-state index contributed by atoms with van der Waals surface area (Å²) in [6, 6.07) is 5.28. The van der Waals surface area contributed by atoms with Crippen LogP contribution in [-0.4, -0.2) is 40.0 Å². The second-order valence-electron chi connectivity index (χ2n) is 4.48. The zero-order chi connectivity index (χ0) is 17.3. The van der Waals surface area contributed by atoms with Crippen LogP contribution in [0, 0.1) is 12.3 Å². The number of carbonyl (C=O) groups excluding carboxylic acids is 2. The molecule has 0 unspecified atom stereocenters. The highest BCUT2D eigenvalue weighted by molar-refractivity contribution is 7.89. The third-order valence-electron chi connectivity index (χ3n) is 2.65. The Morgan fingerprint density at radius 1 is 1.35 bits per heavy atom. The van der Waals surface area contributed by atoms with E-state index in [1.54, 1.807) is 0 Å². The van der Waals surface area contributed by atoms with Gasteiger partial charge in [0.1, 0.15) is 0 Å². The molecule has 1 aromatic rings. The maximum atomic E-state index is 11.9. The fourth-order valence-corrected chi connectivity index (χ4v) is 2.52. The van der Waals surface area contributed by atoms with Crippen molar-refractivity contribution in [2.24, 2.45) is 0 Å². The number of carbonyl (C=O) groups is 2. The summed E-state index contributed by atoms with van der Waals surface area (Å²) >= 11 is 0. The van der Waals surface area contributed by atoms with E-state index in [4.69, 9.17) is 11.2 Å². The van der Waals surface area contributed by atoms with Crippen molar-refractivity contribution in [2.75, 3.05) is 19.7 Å². The Kier molecular flexibility index (Phi) is 7.25. The van der Waals surface area contributed by atoms with E-state index >= 15 is 0 Å². The van der Waals surface area contributed by atoms with Crippen molar-refractivity contribution in [3.05, 3.63) is 29.8 Å². The van der Waals surface area contributed by atoms with E-state index in [1.807, 2.05) is 6.92 Å². The molecule has 0 spiro atoms. The van der Waals surface area contributed by atoms with Crippen LogP contribution >= 0.6 is 0 Å². The normalized spacial score (nSPS) is 10.6. The van der Waals surface area contributed by atoms with Crippen LogP contribution in [0.1, 0.15) is 23.7 Å². The Morgan fingerprint density at radius 3 is 2.74 bits per heavy atom. The lowest BCUT2D eigenvalue weighted by atomic mass is 10.2. The molecule has 124 valence electrons. The van der Waals surface area contributed by atoms with E-state index in [9.17, 15) is 18.0 Å². The average Bonchev–Trinajstić information content (AvgIpc) is 2.56. The first-order chi connectivity index (χ1) is 10.9. The molecule has 0 saturated heterocycles. The van der Waals surface area contributed by atoms with Crippen molar-refractivity contribution in [1.82, 2.24) is 10.0 Å². The quantitative estimate of drug-likeness (QED) is 0.524. The highest BCUT2D eigenvalue weighted by Gasteiger charge is 2.16. The molecule has 2 N–H and O–H groups in total. The number of ether oxygens (including phenoxy) is 1. The highest BCUT2D eigenvalue weighted by atomic mass is 32.2. The Hall–Kier alpha value is -2.37. The third kappa shape index (κ3) is 6.10. The second kappa shape index (κ2) is 8.92. The van der Waals surface area contributed by atoms with Gasteiger partial charge in [0.2, 0.25) is 10.0 Å². The smallest absolute Gasteiger partial charge is 0.338 e. The van der Waals surface area contributed by atoms with Gasteiger partial charge in [0, 0.05) is 6.54 Å². The van der Waals surface area contributed by atoms with Gasteiger partial charge in [-0.1, -0.05) is 18.9 Å². The van der Waals surface area contributed by atoms with Gasteiger partial charge >= 0.3 is 5.97 Å². The Morgan fingerprint density at radius 2 is 2.09 bits per heavy atom. The SMILES string of the molecule is C#CCNS(=O)(=O)c1cccc(C(=O)OCC(=O)NCCC)c1. The minimum atomic E-state index is -3.80. The van der Waals surface area contributed by atoms with Gasteiger partial charge < -0.3 is 10.1 Å². The summed E-state index contributed by atoms with van der Waals surface area (Å²) in [5.74, 6) is 0.951. The lowest BCUT2D eigenvalue weighted by molar-refractivity contribution is -0.124. The predicted molar refractivity (Wildman–Crippen MR) is 84.0 cm³/mol. The molecule has 0 aliphatic carbocycles. The molecule has 0 atom stereocenters. The number of benzene rings is 1. The van der Waals surface area contributed by atoms with Crippen molar-refractivity contribution in [3.63, 3.8) is 0 Å². The van der Waals surface area contributed by atoms with Crippen LogP contribution in [-0.2, 0) is 19.6 Å². The number of amides is 1. The largest absolute Gasteiger partial charge is 0.452 e. The van der Waals surface area contributed by atoms with Gasteiger partial charge in [0.25, 0.3) is 5.91 Å². The topological polar surface area (TPSA) is 102 Å². The summed E-state index contributed by atoms with van der Waals surface area (Å²) in [6.45, 7) is 1.80. The third-order valence-corrected chi connectivity index (χ3v) is 4.05. The first-order valence-electron chi connectivity index (χ1n) is 6.87. The summed E-state index contributed by atoms with van der Waals surface area (Å²) in [5.41, 5.74) is 0.0249. The predicted octanol–water partition coefficient (Wildman–Crippen LogP) is 0.281. The molecule has 0 bridgehead atoms. The zero-order valence-electron chi connectivity index (χ0n) is 12.7. The van der Waals surface area contributed by atoms with E-state index in [0.29, 0.717) is 6.54 Å². The summed E-state index contributed by atoms with van der Waals surface area (Å²) < 4.78 is 30.9. The fourth-order valence-electron chi connectivity index (χ4n) is 1.54. The molecule has 0 fully saturated rings. The van der Waals surface area contributed by atoms with Crippen LogP contribution in [0.2, 0.25) is 0 Å². The molecule has 7 nitrogen and oxygen atoms in total. The Bertz CT molecular complexity index is 707. The van der Waals surface area contributed by atoms with E-state index in [0.717, 1.165) is 12.5 Å². The first kappa shape index (κ1) is 18.7. The minimum absolute atomic E-state index is 0.0249. The maximum absolute atomic E-state index is 11.9. The second-order valence-corrected chi connectivity index (χ2v) is 6.25. The standard InChI is InChI=1S/C15H18N2O5S/c1-3-8-16-14(18)11-22-15(19)12-6-5-7-13(10-12)23(20,21)17-9-4-2/h2,5-7,10,17H,3,8-9,11H2,1H3,(H,16,18). The van der Waals surface area contributed by atoms with Crippen molar-refractivity contribution in [3.8, 4) is 12.3 Å². The number of hydrogen-bond donors (Lipinski definition) is 2. The molecule has 0 aliphatic rings. The molecular weight excluding hydrogens is 320 g/mol. The van der Waals surface area contributed by atoms with Crippen LogP contribution in [0.4, 0.5) is 0 Å². The molecule has 23 heavy (non-hydrogen) atoms. The zero-order valence-corrected chi connectivity index (χ0v) is 13.5. The molecular formula is C15H18N2O5S. The summed E-state index contributed by atoms with van der Waals surface area (Å²) in [5, 5.41) is 2.56. The molecule has 0 heterocycles. The molecule has 1 rings (SSSR count). The van der Waals surface area contributed by atoms with Gasteiger partial charge in [-0.2, -0.15) is 4.72 Å². The molecule has 0 saturated carbocycles. The molecule has 0 aliphatic heterocycles. The van der Waals surface area contributed by atoms with E-state index in [-0.39, 0.29) is 17.0 Å². The van der Waals surface area contributed by atoms with E-state index < -0.39 is 28.5 Å². The van der Waals surface area contributed by atoms with Crippen LogP contribution in [0.3, 0.4) is 0 Å². The number of sulfonamides is 1. The van der Waals surface area contributed by atoms with Crippen LogP contribution in [0.25, 0.3) is 0 Å². The van der Waals surface area contributed by atoms with Gasteiger partial charge in [-0.05, 0) is 24.6 Å². The van der Waals surface area contributed by atoms with Gasteiger partial charge in [-0.3, -0.25) is 4.79 Å². The Balaban J connectivity index is 2.75. The molecule has 1 aromatic carbocycles. The van der Waals surface area contributed by atoms with E-state index in [1.165, 1.54) is 18.2 Å². The van der Waals surface area contributed by atoms with Gasteiger partial charge in [-0.25, -0.2) is 13.2 Å². The lowest BCUT2D eigenvalue weighted by Gasteiger charge is -2.08. The Labute approximate surface area is 135 Å². The van der Waals surface area contributed by atoms with Crippen molar-refractivity contribution in [1.29, 1.82) is 0 Å². The van der Waals surface area contributed by atoms with Gasteiger partial charge in [-0.15, -0.1) is 6.42 Å². The molecule has 8 heteroatoms. The monoisotopic (exact) mass is 338 g/mol. The number of esters is 1. The number of rotatable bonds is 8. The van der Waals surface area contributed by atoms with Gasteiger partial charge in [0.05, 0.1) is 17.0 Å². The average molecular weight is 338 g/mol. The lowest BCUT2D eigenvalue weighted by Crippen LogP contribution is -2.29. The minimum Gasteiger partial charge on any atom is -0.452 e.